The SMILES string of the molecule is CN=C(Nc1c[nH+]cc(C(C)C)n1)C(=CN)c1ccc(-c2ccc(C3(C(=O)O)CC3)cc2)cn1. The maximum absolute atomic E-state index is 11.6. The van der Waals surface area contributed by atoms with Gasteiger partial charge in [-0.25, -0.2) is 9.97 Å². The van der Waals surface area contributed by atoms with Gasteiger partial charge in [0.15, 0.2) is 12.0 Å². The molecular formula is C26H29N6O2+. The highest BCUT2D eigenvalue weighted by Crippen LogP contribution is 2.48. The number of pyridine rings is 1. The van der Waals surface area contributed by atoms with Gasteiger partial charge < -0.3 is 16.2 Å². The average Bonchev–Trinajstić information content (AvgIpc) is 3.67. The largest absolute Gasteiger partial charge is 0.481 e. The van der Waals surface area contributed by atoms with Crippen molar-refractivity contribution < 1.29 is 14.9 Å². The van der Waals surface area contributed by atoms with Crippen LogP contribution >= 0.6 is 0 Å². The summed E-state index contributed by atoms with van der Waals surface area (Å²) < 4.78 is 0. The van der Waals surface area contributed by atoms with Crippen LogP contribution in [0.3, 0.4) is 0 Å². The molecule has 1 fully saturated rings. The summed E-state index contributed by atoms with van der Waals surface area (Å²) in [6.07, 6.45) is 8.27. The summed E-state index contributed by atoms with van der Waals surface area (Å²) in [5, 5.41) is 12.7. The Morgan fingerprint density at radius 3 is 2.41 bits per heavy atom. The highest BCUT2D eigenvalue weighted by molar-refractivity contribution is 6.27. The Morgan fingerprint density at radius 1 is 1.18 bits per heavy atom. The molecule has 0 atom stereocenters. The van der Waals surface area contributed by atoms with E-state index in [1.807, 2.05) is 42.6 Å². The number of aliphatic imine (C=N–C) groups is 1. The van der Waals surface area contributed by atoms with Gasteiger partial charge in [-0.15, -0.1) is 0 Å². The number of carboxylic acid groups (broad SMARTS) is 1. The maximum atomic E-state index is 11.6. The number of H-pyrrole nitrogens is 1. The molecule has 34 heavy (non-hydrogen) atoms. The summed E-state index contributed by atoms with van der Waals surface area (Å²) in [6, 6.07) is 11.5. The van der Waals surface area contributed by atoms with Crippen LogP contribution in [0.1, 0.15) is 49.6 Å². The van der Waals surface area contributed by atoms with Crippen LogP contribution in [0.2, 0.25) is 0 Å². The Bertz CT molecular complexity index is 1240. The van der Waals surface area contributed by atoms with Gasteiger partial charge in [-0.3, -0.25) is 14.8 Å². The first kappa shape index (κ1) is 23.1. The molecule has 174 valence electrons. The maximum Gasteiger partial charge on any atom is 0.314 e. The molecular weight excluding hydrogens is 428 g/mol. The number of nitrogens with zero attached hydrogens (tertiary/aromatic N) is 3. The van der Waals surface area contributed by atoms with Crippen LogP contribution < -0.4 is 16.0 Å². The standard InChI is InChI=1S/C26H28N6O2/c1-16(2)22-14-29-15-23(31-22)32-24(28-3)20(12-27)21-9-6-18(13-30-21)17-4-7-19(8-5-17)26(10-11-26)25(33)34/h4-9,12-16H,10-11,27H2,1-3H3,(H,33,34)(H,28,31,32)/p+1. The van der Waals surface area contributed by atoms with Crippen molar-refractivity contribution in [3.05, 3.63) is 78.1 Å². The molecule has 0 aliphatic heterocycles. The molecule has 2 heterocycles. The van der Waals surface area contributed by atoms with Crippen molar-refractivity contribution >= 4 is 23.2 Å². The van der Waals surface area contributed by atoms with Crippen LogP contribution in [0.4, 0.5) is 5.82 Å². The van der Waals surface area contributed by atoms with Crippen molar-refractivity contribution in [1.82, 2.24) is 9.97 Å². The molecule has 8 heteroatoms. The summed E-state index contributed by atoms with van der Waals surface area (Å²) in [4.78, 5) is 28.2. The van der Waals surface area contributed by atoms with Gasteiger partial charge in [0, 0.05) is 30.9 Å². The third-order valence-electron chi connectivity index (χ3n) is 6.15. The van der Waals surface area contributed by atoms with E-state index < -0.39 is 11.4 Å². The number of carbonyl (C=O) groups is 1. The van der Waals surface area contributed by atoms with Crippen molar-refractivity contribution in [3.63, 3.8) is 0 Å². The molecule has 0 radical (unpaired) electrons. The number of nitrogens with one attached hydrogen (secondary N) is 2. The first-order chi connectivity index (χ1) is 16.4. The molecule has 1 aliphatic carbocycles. The van der Waals surface area contributed by atoms with Crippen LogP contribution in [-0.4, -0.2) is 33.9 Å². The zero-order valence-corrected chi connectivity index (χ0v) is 19.5. The molecule has 8 nitrogen and oxygen atoms in total. The van der Waals surface area contributed by atoms with Gasteiger partial charge in [0.25, 0.3) is 0 Å². The number of hydrogen-bond acceptors (Lipinski definition) is 5. The summed E-state index contributed by atoms with van der Waals surface area (Å²) in [5.41, 5.74) is 10.2. The van der Waals surface area contributed by atoms with E-state index in [1.165, 1.54) is 6.20 Å². The topological polar surface area (TPSA) is 128 Å². The van der Waals surface area contributed by atoms with E-state index in [0.717, 1.165) is 22.4 Å². The minimum atomic E-state index is -0.751. The fourth-order valence-electron chi connectivity index (χ4n) is 3.88. The van der Waals surface area contributed by atoms with E-state index >= 15 is 0 Å². The zero-order valence-electron chi connectivity index (χ0n) is 19.5. The Balaban J connectivity index is 1.53. The number of aromatic amines is 1. The van der Waals surface area contributed by atoms with Crippen molar-refractivity contribution in [3.8, 4) is 11.1 Å². The van der Waals surface area contributed by atoms with Crippen LogP contribution in [0.15, 0.2) is 66.2 Å². The van der Waals surface area contributed by atoms with E-state index in [9.17, 15) is 9.90 Å². The number of aromatic nitrogens is 3. The lowest BCUT2D eigenvalue weighted by atomic mass is 9.94. The number of aliphatic carboxylic acids is 1. The number of hydrogen-bond donors (Lipinski definition) is 3. The first-order valence-corrected chi connectivity index (χ1v) is 11.2. The average molecular weight is 458 g/mol. The smallest absolute Gasteiger partial charge is 0.314 e. The first-order valence-electron chi connectivity index (χ1n) is 11.2. The summed E-state index contributed by atoms with van der Waals surface area (Å²) in [6.45, 7) is 4.16. The number of rotatable bonds is 7. The lowest BCUT2D eigenvalue weighted by molar-refractivity contribution is -0.378. The molecule has 1 aromatic carbocycles. The predicted molar refractivity (Wildman–Crippen MR) is 132 cm³/mol. The molecule has 0 spiro atoms. The lowest BCUT2D eigenvalue weighted by Gasteiger charge is -2.13. The Morgan fingerprint density at radius 2 is 1.88 bits per heavy atom. The fourth-order valence-corrected chi connectivity index (χ4v) is 3.88. The number of anilines is 1. The van der Waals surface area contributed by atoms with E-state index in [2.05, 4.69) is 39.1 Å². The molecule has 2 aromatic heterocycles. The number of amidine groups is 1. The van der Waals surface area contributed by atoms with Crippen LogP contribution in [0.5, 0.6) is 0 Å². The van der Waals surface area contributed by atoms with Crippen LogP contribution in [-0.2, 0) is 10.2 Å². The van der Waals surface area contributed by atoms with Crippen molar-refractivity contribution in [1.29, 1.82) is 0 Å². The molecule has 3 aromatic rings. The Kier molecular flexibility index (Phi) is 6.40. The second-order valence-electron chi connectivity index (χ2n) is 8.71. The number of carboxylic acids is 1. The second kappa shape index (κ2) is 9.43. The number of benzene rings is 1. The molecule has 0 saturated heterocycles. The van der Waals surface area contributed by atoms with Crippen molar-refractivity contribution in [2.24, 2.45) is 10.7 Å². The van der Waals surface area contributed by atoms with E-state index in [1.54, 1.807) is 19.4 Å². The van der Waals surface area contributed by atoms with Gasteiger partial charge in [-0.2, -0.15) is 0 Å². The molecule has 0 unspecified atom stereocenters. The second-order valence-corrected chi connectivity index (χ2v) is 8.71. The lowest BCUT2D eigenvalue weighted by Crippen LogP contribution is -2.19. The van der Waals surface area contributed by atoms with Gasteiger partial charge in [0.1, 0.15) is 11.5 Å². The summed E-state index contributed by atoms with van der Waals surface area (Å²) >= 11 is 0. The minimum Gasteiger partial charge on any atom is -0.481 e. The Hall–Kier alpha value is -4.07. The normalized spacial score (nSPS) is 15.3. The van der Waals surface area contributed by atoms with E-state index in [0.29, 0.717) is 35.8 Å². The van der Waals surface area contributed by atoms with Gasteiger partial charge in [0.05, 0.1) is 16.7 Å². The van der Waals surface area contributed by atoms with Gasteiger partial charge in [-0.1, -0.05) is 44.2 Å². The number of nitrogens with two attached hydrogens (primary N) is 1. The molecule has 0 bridgehead atoms. The predicted octanol–water partition coefficient (Wildman–Crippen LogP) is 3.64. The highest BCUT2D eigenvalue weighted by atomic mass is 16.4. The molecule has 1 aliphatic rings. The van der Waals surface area contributed by atoms with Gasteiger partial charge in [0.2, 0.25) is 6.20 Å². The highest BCUT2D eigenvalue weighted by Gasteiger charge is 2.51. The Labute approximate surface area is 198 Å². The minimum absolute atomic E-state index is 0.284. The third-order valence-corrected chi connectivity index (χ3v) is 6.15. The van der Waals surface area contributed by atoms with Gasteiger partial charge >= 0.3 is 5.97 Å². The van der Waals surface area contributed by atoms with Crippen molar-refractivity contribution in [2.45, 2.75) is 38.0 Å². The fraction of sp³-hybridized carbons (Fsp3) is 0.269. The van der Waals surface area contributed by atoms with E-state index in [-0.39, 0.29) is 5.92 Å². The zero-order chi connectivity index (χ0) is 24.3. The molecule has 5 N–H and O–H groups in total. The summed E-state index contributed by atoms with van der Waals surface area (Å²) in [5.74, 6) is 0.722. The van der Waals surface area contributed by atoms with Crippen molar-refractivity contribution in [2.75, 3.05) is 12.4 Å². The van der Waals surface area contributed by atoms with E-state index in [4.69, 9.17) is 5.73 Å². The van der Waals surface area contributed by atoms with Crippen LogP contribution in [0, 0.1) is 0 Å². The monoisotopic (exact) mass is 457 g/mol. The molecule has 4 rings (SSSR count). The van der Waals surface area contributed by atoms with Crippen LogP contribution in [0.25, 0.3) is 16.7 Å². The molecule has 1 saturated carbocycles. The summed E-state index contributed by atoms with van der Waals surface area (Å²) in [7, 11) is 1.68. The molecule has 0 amide bonds. The van der Waals surface area contributed by atoms with Gasteiger partial charge in [-0.05, 0) is 30.0 Å². The third kappa shape index (κ3) is 4.52. The quantitative estimate of drug-likeness (QED) is 0.367.